The van der Waals surface area contributed by atoms with Crippen molar-refractivity contribution in [1.29, 1.82) is 0 Å². The van der Waals surface area contributed by atoms with Gasteiger partial charge in [0.05, 0.1) is 11.1 Å². The third-order valence-corrected chi connectivity index (χ3v) is 9.59. The normalized spacial score (nSPS) is 27.1. The molecule has 2 saturated heterocycles. The Bertz CT molecular complexity index is 883. The molecule has 172 valence electrons. The molecular weight excluding hydrogens is 438 g/mol. The number of nitrogens with zero attached hydrogens (tertiary/aromatic N) is 2. The predicted molar refractivity (Wildman–Crippen MR) is 119 cm³/mol. The summed E-state index contributed by atoms with van der Waals surface area (Å²) >= 11 is 6.22. The lowest BCUT2D eigenvalue weighted by Gasteiger charge is -2.41. The van der Waals surface area contributed by atoms with E-state index < -0.39 is 10.0 Å². The Hall–Kier alpha value is -1.19. The Morgan fingerprint density at radius 3 is 2.32 bits per heavy atom. The lowest BCUT2D eigenvalue weighted by atomic mass is 9.87. The van der Waals surface area contributed by atoms with Gasteiger partial charge in [-0.1, -0.05) is 23.7 Å². The monoisotopic (exact) mass is 469 g/mol. The summed E-state index contributed by atoms with van der Waals surface area (Å²) in [4.78, 5) is 15.1. The van der Waals surface area contributed by atoms with E-state index in [-0.39, 0.29) is 33.9 Å². The molecule has 7 nitrogen and oxygen atoms in total. The molecule has 1 aliphatic carbocycles. The van der Waals surface area contributed by atoms with Crippen molar-refractivity contribution in [2.45, 2.75) is 68.5 Å². The number of piperidine rings is 2. The molecule has 1 aromatic rings. The number of aryl methyl sites for hydroxylation is 1. The number of carbonyl (C=O) groups is 1. The summed E-state index contributed by atoms with van der Waals surface area (Å²) < 4.78 is 27.8. The fourth-order valence-corrected chi connectivity index (χ4v) is 7.32. The lowest BCUT2D eigenvalue weighted by molar-refractivity contribution is -0.128. The highest BCUT2D eigenvalue weighted by atomic mass is 35.5. The Morgan fingerprint density at radius 1 is 1.10 bits per heavy atom. The first-order valence-corrected chi connectivity index (χ1v) is 13.0. The van der Waals surface area contributed by atoms with Crippen molar-refractivity contribution in [2.75, 3.05) is 26.2 Å². The number of nitrogens with one attached hydrogen (secondary N) is 1. The van der Waals surface area contributed by atoms with Crippen LogP contribution in [0.4, 0.5) is 0 Å². The number of amides is 1. The van der Waals surface area contributed by atoms with Crippen LogP contribution in [0.1, 0.15) is 44.1 Å². The van der Waals surface area contributed by atoms with Crippen LogP contribution in [0.3, 0.4) is 0 Å². The van der Waals surface area contributed by atoms with Crippen molar-refractivity contribution < 1.29 is 18.3 Å². The first-order valence-electron chi connectivity index (χ1n) is 11.2. The van der Waals surface area contributed by atoms with Gasteiger partial charge in [0, 0.05) is 31.1 Å². The summed E-state index contributed by atoms with van der Waals surface area (Å²) in [7, 11) is -3.60. The standard InChI is InChI=1S/C22H32ClN3O4S/c1-15-3-2-4-20(23)21(15)31(29,30)26-11-7-18(8-12-26)25-9-5-16(6-10-25)22(28)24-17-13-19(27)14-17/h2-4,16-19,27H,5-14H2,1H3,(H,24,28). The molecule has 0 atom stereocenters. The molecule has 2 aliphatic heterocycles. The Kier molecular flexibility index (Phi) is 6.93. The van der Waals surface area contributed by atoms with E-state index in [1.54, 1.807) is 29.4 Å². The zero-order valence-electron chi connectivity index (χ0n) is 18.0. The van der Waals surface area contributed by atoms with E-state index in [9.17, 15) is 18.3 Å². The van der Waals surface area contributed by atoms with E-state index in [0.29, 0.717) is 37.5 Å². The van der Waals surface area contributed by atoms with Gasteiger partial charge in [-0.15, -0.1) is 0 Å². The molecule has 2 heterocycles. The average molecular weight is 470 g/mol. The minimum Gasteiger partial charge on any atom is -0.393 e. The van der Waals surface area contributed by atoms with Gasteiger partial charge in [-0.2, -0.15) is 4.31 Å². The highest BCUT2D eigenvalue weighted by Crippen LogP contribution is 2.31. The minimum atomic E-state index is -3.60. The molecule has 0 spiro atoms. The molecule has 0 radical (unpaired) electrons. The quantitative estimate of drug-likeness (QED) is 0.689. The van der Waals surface area contributed by atoms with Crippen LogP contribution in [0.15, 0.2) is 23.1 Å². The molecule has 9 heteroatoms. The number of benzene rings is 1. The number of aliphatic hydroxyl groups is 1. The zero-order valence-corrected chi connectivity index (χ0v) is 19.5. The molecule has 3 fully saturated rings. The zero-order chi connectivity index (χ0) is 22.2. The Labute approximate surface area is 189 Å². The third-order valence-electron chi connectivity index (χ3n) is 7.06. The van der Waals surface area contributed by atoms with E-state index >= 15 is 0 Å². The van der Waals surface area contributed by atoms with Gasteiger partial charge in [0.15, 0.2) is 0 Å². The minimum absolute atomic E-state index is 0.0395. The highest BCUT2D eigenvalue weighted by molar-refractivity contribution is 7.89. The van der Waals surface area contributed by atoms with Gasteiger partial charge in [-0.05, 0) is 70.2 Å². The van der Waals surface area contributed by atoms with Gasteiger partial charge in [0.2, 0.25) is 15.9 Å². The van der Waals surface area contributed by atoms with Crippen LogP contribution >= 0.6 is 11.6 Å². The number of likely N-dealkylation sites (tertiary alicyclic amines) is 1. The second kappa shape index (κ2) is 9.35. The van der Waals surface area contributed by atoms with Crippen LogP contribution in [0.25, 0.3) is 0 Å². The number of aliphatic hydroxyl groups excluding tert-OH is 1. The average Bonchev–Trinajstić information content (AvgIpc) is 2.72. The van der Waals surface area contributed by atoms with Crippen LogP contribution in [0, 0.1) is 12.8 Å². The van der Waals surface area contributed by atoms with Crippen LogP contribution in [0.2, 0.25) is 5.02 Å². The second-order valence-electron chi connectivity index (χ2n) is 9.16. The van der Waals surface area contributed by atoms with E-state index in [4.69, 9.17) is 11.6 Å². The fraction of sp³-hybridized carbons (Fsp3) is 0.682. The van der Waals surface area contributed by atoms with Gasteiger partial charge in [0.25, 0.3) is 0 Å². The molecule has 2 N–H and O–H groups in total. The van der Waals surface area contributed by atoms with Gasteiger partial charge in [0.1, 0.15) is 4.90 Å². The molecule has 0 unspecified atom stereocenters. The van der Waals surface area contributed by atoms with Crippen molar-refractivity contribution in [3.05, 3.63) is 28.8 Å². The molecule has 1 amide bonds. The highest BCUT2D eigenvalue weighted by Gasteiger charge is 2.36. The smallest absolute Gasteiger partial charge is 0.244 e. The number of hydrogen-bond donors (Lipinski definition) is 2. The summed E-state index contributed by atoms with van der Waals surface area (Å²) in [5, 5.41) is 12.7. The third kappa shape index (κ3) is 4.93. The Balaban J connectivity index is 1.27. The predicted octanol–water partition coefficient (Wildman–Crippen LogP) is 2.15. The summed E-state index contributed by atoms with van der Waals surface area (Å²) in [6, 6.07) is 5.65. The van der Waals surface area contributed by atoms with Gasteiger partial charge >= 0.3 is 0 Å². The molecule has 1 saturated carbocycles. The Morgan fingerprint density at radius 2 is 1.74 bits per heavy atom. The number of rotatable bonds is 5. The van der Waals surface area contributed by atoms with Crippen molar-refractivity contribution in [3.8, 4) is 0 Å². The van der Waals surface area contributed by atoms with E-state index in [2.05, 4.69) is 10.2 Å². The van der Waals surface area contributed by atoms with Crippen LogP contribution in [-0.4, -0.2) is 73.0 Å². The first-order chi connectivity index (χ1) is 14.8. The molecule has 0 aromatic heterocycles. The molecule has 4 rings (SSSR count). The summed E-state index contributed by atoms with van der Waals surface area (Å²) in [6.45, 7) is 4.49. The SMILES string of the molecule is Cc1cccc(Cl)c1S(=O)(=O)N1CCC(N2CCC(C(=O)NC3CC(O)C3)CC2)CC1. The fourth-order valence-electron chi connectivity index (χ4n) is 5.07. The second-order valence-corrected chi connectivity index (χ2v) is 11.4. The number of halogens is 1. The number of sulfonamides is 1. The van der Waals surface area contributed by atoms with E-state index in [0.717, 1.165) is 38.8 Å². The van der Waals surface area contributed by atoms with Crippen LogP contribution < -0.4 is 5.32 Å². The molecule has 3 aliphatic rings. The number of hydrogen-bond acceptors (Lipinski definition) is 5. The maximum atomic E-state index is 13.1. The van der Waals surface area contributed by atoms with Crippen molar-refractivity contribution >= 4 is 27.5 Å². The van der Waals surface area contributed by atoms with Gasteiger partial charge in [-0.3, -0.25) is 4.79 Å². The maximum Gasteiger partial charge on any atom is 0.244 e. The first kappa shape index (κ1) is 23.0. The molecular formula is C22H32ClN3O4S. The van der Waals surface area contributed by atoms with E-state index in [1.807, 2.05) is 0 Å². The van der Waals surface area contributed by atoms with Crippen molar-refractivity contribution in [3.63, 3.8) is 0 Å². The molecule has 0 bridgehead atoms. The van der Waals surface area contributed by atoms with E-state index in [1.165, 1.54) is 0 Å². The number of carbonyl (C=O) groups excluding carboxylic acids is 1. The summed E-state index contributed by atoms with van der Waals surface area (Å²) in [5.74, 6) is 0.158. The van der Waals surface area contributed by atoms with Crippen LogP contribution in [-0.2, 0) is 14.8 Å². The topological polar surface area (TPSA) is 90.0 Å². The van der Waals surface area contributed by atoms with Gasteiger partial charge < -0.3 is 15.3 Å². The van der Waals surface area contributed by atoms with Crippen molar-refractivity contribution in [1.82, 2.24) is 14.5 Å². The maximum absolute atomic E-state index is 13.1. The molecule has 1 aromatic carbocycles. The summed E-state index contributed by atoms with van der Waals surface area (Å²) in [5.41, 5.74) is 0.673. The van der Waals surface area contributed by atoms with Gasteiger partial charge in [-0.25, -0.2) is 8.42 Å². The largest absolute Gasteiger partial charge is 0.393 e. The van der Waals surface area contributed by atoms with Crippen LogP contribution in [0.5, 0.6) is 0 Å². The lowest BCUT2D eigenvalue weighted by Crippen LogP contribution is -2.52. The summed E-state index contributed by atoms with van der Waals surface area (Å²) in [6.07, 6.45) is 4.32. The molecule has 31 heavy (non-hydrogen) atoms. The van der Waals surface area contributed by atoms with Crippen molar-refractivity contribution in [2.24, 2.45) is 5.92 Å².